The second kappa shape index (κ2) is 7.63. The number of halogens is 1. The van der Waals surface area contributed by atoms with Crippen molar-refractivity contribution in [2.24, 2.45) is 0 Å². The van der Waals surface area contributed by atoms with Gasteiger partial charge in [-0.1, -0.05) is 12.1 Å². The lowest BCUT2D eigenvalue weighted by Gasteiger charge is -2.44. The van der Waals surface area contributed by atoms with E-state index in [1.807, 2.05) is 24.3 Å². The molecule has 3 aromatic rings. The summed E-state index contributed by atoms with van der Waals surface area (Å²) < 4.78 is 25.5. The molecule has 3 heterocycles. The molecule has 1 aromatic heterocycles. The average molecular weight is 406 g/mol. The van der Waals surface area contributed by atoms with Gasteiger partial charge in [-0.15, -0.1) is 0 Å². The van der Waals surface area contributed by atoms with E-state index in [0.717, 1.165) is 35.2 Å². The van der Waals surface area contributed by atoms with Crippen LogP contribution in [0.15, 0.2) is 42.5 Å². The summed E-state index contributed by atoms with van der Waals surface area (Å²) in [6.07, 6.45) is 0.153. The Bertz CT molecular complexity index is 1120. The molecule has 5 rings (SSSR count). The van der Waals surface area contributed by atoms with Crippen molar-refractivity contribution in [3.63, 3.8) is 0 Å². The van der Waals surface area contributed by atoms with Crippen LogP contribution >= 0.6 is 0 Å². The first-order valence-electron chi connectivity index (χ1n) is 10.2. The third-order valence-electron chi connectivity index (χ3n) is 5.94. The number of ether oxygens (including phenoxy) is 2. The maximum Gasteiger partial charge on any atom is 0.127 e. The Hall–Kier alpha value is -3.08. The summed E-state index contributed by atoms with van der Waals surface area (Å²) in [5, 5.41) is 13.9. The Morgan fingerprint density at radius 1 is 1.27 bits per heavy atom. The van der Waals surface area contributed by atoms with Crippen LogP contribution in [0, 0.1) is 17.1 Å². The highest BCUT2D eigenvalue weighted by molar-refractivity contribution is 5.93. The predicted molar refractivity (Wildman–Crippen MR) is 112 cm³/mol. The fraction of sp³-hybridized carbons (Fsp3) is 0.348. The standard InChI is InChI=1S/C23H23FN4O2/c1-14-12-28(7-8-29-14)21-13-30-22-9-15(24)5-6-17(22)23(21)27-20-4-2-3-19-18(20)10-16(11-25)26-19/h2-6,9-10,14,21,23,26-27H,7-8,12-13H2,1H3. The van der Waals surface area contributed by atoms with E-state index >= 15 is 0 Å². The van der Waals surface area contributed by atoms with Crippen LogP contribution in [-0.4, -0.2) is 48.3 Å². The van der Waals surface area contributed by atoms with Crippen molar-refractivity contribution >= 4 is 16.6 Å². The Morgan fingerprint density at radius 2 is 2.17 bits per heavy atom. The largest absolute Gasteiger partial charge is 0.491 e. The van der Waals surface area contributed by atoms with Gasteiger partial charge in [0.05, 0.1) is 24.8 Å². The minimum atomic E-state index is -0.308. The van der Waals surface area contributed by atoms with E-state index in [-0.39, 0.29) is 24.0 Å². The van der Waals surface area contributed by atoms with Gasteiger partial charge in [0, 0.05) is 41.3 Å². The van der Waals surface area contributed by atoms with Gasteiger partial charge >= 0.3 is 0 Å². The summed E-state index contributed by atoms with van der Waals surface area (Å²) in [7, 11) is 0. The van der Waals surface area contributed by atoms with E-state index in [1.54, 1.807) is 6.07 Å². The van der Waals surface area contributed by atoms with E-state index in [9.17, 15) is 9.65 Å². The monoisotopic (exact) mass is 406 g/mol. The van der Waals surface area contributed by atoms with Crippen LogP contribution in [0.25, 0.3) is 10.9 Å². The van der Waals surface area contributed by atoms with Crippen LogP contribution in [0.5, 0.6) is 5.75 Å². The van der Waals surface area contributed by atoms with Gasteiger partial charge in [-0.3, -0.25) is 4.90 Å². The zero-order valence-electron chi connectivity index (χ0n) is 16.7. The lowest BCUT2D eigenvalue weighted by atomic mass is 9.93. The van der Waals surface area contributed by atoms with Gasteiger partial charge in [0.1, 0.15) is 29.9 Å². The number of hydrogen-bond donors (Lipinski definition) is 2. The molecule has 0 amide bonds. The molecule has 2 aliphatic rings. The summed E-state index contributed by atoms with van der Waals surface area (Å²) in [5.74, 6) is 0.265. The van der Waals surface area contributed by atoms with Crippen LogP contribution in [0.1, 0.15) is 24.2 Å². The molecular formula is C23H23FN4O2. The van der Waals surface area contributed by atoms with E-state index in [1.165, 1.54) is 12.1 Å². The number of hydrogen-bond acceptors (Lipinski definition) is 5. The van der Waals surface area contributed by atoms with Crippen molar-refractivity contribution in [3.8, 4) is 11.8 Å². The topological polar surface area (TPSA) is 73.3 Å². The molecule has 6 nitrogen and oxygen atoms in total. The highest BCUT2D eigenvalue weighted by Gasteiger charge is 2.37. The van der Waals surface area contributed by atoms with Crippen LogP contribution in [0.3, 0.4) is 0 Å². The van der Waals surface area contributed by atoms with Gasteiger partial charge in [0.2, 0.25) is 0 Å². The first-order valence-corrected chi connectivity index (χ1v) is 10.2. The van der Waals surface area contributed by atoms with Gasteiger partial charge in [-0.25, -0.2) is 4.39 Å². The molecule has 2 N–H and O–H groups in total. The number of aromatic nitrogens is 1. The molecule has 30 heavy (non-hydrogen) atoms. The molecule has 0 aliphatic carbocycles. The molecule has 3 atom stereocenters. The summed E-state index contributed by atoms with van der Waals surface area (Å²) in [6, 6.07) is 14.7. The molecule has 0 bridgehead atoms. The quantitative estimate of drug-likeness (QED) is 0.692. The molecule has 1 fully saturated rings. The van der Waals surface area contributed by atoms with Crippen LogP contribution in [0.2, 0.25) is 0 Å². The minimum absolute atomic E-state index is 0.0685. The number of anilines is 1. The zero-order valence-corrected chi connectivity index (χ0v) is 16.7. The number of benzene rings is 2. The normalized spacial score (nSPS) is 24.1. The molecule has 7 heteroatoms. The average Bonchev–Trinajstić information content (AvgIpc) is 3.18. The summed E-state index contributed by atoms with van der Waals surface area (Å²) in [6.45, 7) is 4.86. The minimum Gasteiger partial charge on any atom is -0.491 e. The predicted octanol–water partition coefficient (Wildman–Crippen LogP) is 3.81. The summed E-state index contributed by atoms with van der Waals surface area (Å²) in [4.78, 5) is 5.51. The number of nitrogens with one attached hydrogen (secondary N) is 2. The van der Waals surface area contributed by atoms with Gasteiger partial charge in [0.15, 0.2) is 0 Å². The third kappa shape index (κ3) is 3.38. The number of aromatic amines is 1. The Balaban J connectivity index is 1.55. The first-order chi connectivity index (χ1) is 14.6. The van der Waals surface area contributed by atoms with Crippen molar-refractivity contribution in [1.82, 2.24) is 9.88 Å². The van der Waals surface area contributed by atoms with E-state index in [4.69, 9.17) is 9.47 Å². The summed E-state index contributed by atoms with van der Waals surface area (Å²) >= 11 is 0. The number of nitriles is 1. The SMILES string of the molecule is CC1CN(C2COc3cc(F)ccc3C2Nc2cccc3[nH]c(C#N)cc23)CCO1. The van der Waals surface area contributed by atoms with Crippen molar-refractivity contribution < 1.29 is 13.9 Å². The molecule has 2 aliphatic heterocycles. The van der Waals surface area contributed by atoms with E-state index in [0.29, 0.717) is 24.7 Å². The summed E-state index contributed by atoms with van der Waals surface area (Å²) in [5.41, 5.74) is 3.28. The van der Waals surface area contributed by atoms with E-state index in [2.05, 4.69) is 28.2 Å². The van der Waals surface area contributed by atoms with Crippen molar-refractivity contribution in [1.29, 1.82) is 5.26 Å². The van der Waals surface area contributed by atoms with Crippen LogP contribution in [0.4, 0.5) is 10.1 Å². The number of H-pyrrole nitrogens is 1. The van der Waals surface area contributed by atoms with Crippen molar-refractivity contribution in [2.75, 3.05) is 31.6 Å². The van der Waals surface area contributed by atoms with Crippen LogP contribution in [-0.2, 0) is 4.74 Å². The lowest BCUT2D eigenvalue weighted by Crippen LogP contribution is -2.54. The fourth-order valence-electron chi connectivity index (χ4n) is 4.51. The highest BCUT2D eigenvalue weighted by Crippen LogP contribution is 2.39. The third-order valence-corrected chi connectivity index (χ3v) is 5.94. The molecule has 3 unspecified atom stereocenters. The molecule has 0 radical (unpaired) electrons. The molecule has 0 saturated carbocycles. The first kappa shape index (κ1) is 18.9. The molecule has 2 aromatic carbocycles. The second-order valence-electron chi connectivity index (χ2n) is 7.92. The number of morpholine rings is 1. The van der Waals surface area contributed by atoms with Gasteiger partial charge in [-0.2, -0.15) is 5.26 Å². The number of fused-ring (bicyclic) bond motifs is 2. The smallest absolute Gasteiger partial charge is 0.127 e. The lowest BCUT2D eigenvalue weighted by molar-refractivity contribution is -0.0465. The second-order valence-corrected chi connectivity index (χ2v) is 7.92. The number of nitrogens with zero attached hydrogens (tertiary/aromatic N) is 2. The Morgan fingerprint density at radius 3 is 3.00 bits per heavy atom. The van der Waals surface area contributed by atoms with Crippen molar-refractivity contribution in [2.45, 2.75) is 25.1 Å². The molecule has 154 valence electrons. The maximum absolute atomic E-state index is 13.8. The molecule has 0 spiro atoms. The fourth-order valence-corrected chi connectivity index (χ4v) is 4.51. The van der Waals surface area contributed by atoms with E-state index < -0.39 is 0 Å². The highest BCUT2D eigenvalue weighted by atomic mass is 19.1. The Labute approximate surface area is 174 Å². The molecule has 1 saturated heterocycles. The maximum atomic E-state index is 13.8. The Kier molecular flexibility index (Phi) is 4.81. The molecular weight excluding hydrogens is 383 g/mol. The van der Waals surface area contributed by atoms with Gasteiger partial charge in [-0.05, 0) is 31.2 Å². The van der Waals surface area contributed by atoms with Gasteiger partial charge in [0.25, 0.3) is 0 Å². The van der Waals surface area contributed by atoms with Gasteiger partial charge < -0.3 is 19.8 Å². The zero-order chi connectivity index (χ0) is 20.7. The van der Waals surface area contributed by atoms with Crippen molar-refractivity contribution in [3.05, 3.63) is 59.5 Å². The number of rotatable bonds is 3. The van der Waals surface area contributed by atoms with Crippen LogP contribution < -0.4 is 10.1 Å².